The van der Waals surface area contributed by atoms with Crippen molar-refractivity contribution in [2.75, 3.05) is 19.1 Å². The number of rotatable bonds is 9. The Balaban J connectivity index is 1.46. The molecule has 2 heterocycles. The van der Waals surface area contributed by atoms with Crippen molar-refractivity contribution in [1.29, 1.82) is 0 Å². The molecule has 1 atom stereocenters. The summed E-state index contributed by atoms with van der Waals surface area (Å²) < 4.78 is 17.3. The molecule has 0 spiro atoms. The number of para-hydroxylation sites is 1. The van der Waals surface area contributed by atoms with Crippen LogP contribution in [0.4, 0.5) is 0 Å². The molecular formula is C22H22ClN5O4. The molecule has 0 saturated carbocycles. The number of fused-ring (bicyclic) bond motifs is 1. The quantitative estimate of drug-likeness (QED) is 0.218. The first-order valence-electron chi connectivity index (χ1n) is 10.1. The van der Waals surface area contributed by atoms with Crippen LogP contribution in [0.15, 0.2) is 48.5 Å². The van der Waals surface area contributed by atoms with Crippen molar-refractivity contribution in [3.05, 3.63) is 65.5 Å². The van der Waals surface area contributed by atoms with Gasteiger partial charge in [0.25, 0.3) is 5.72 Å². The second kappa shape index (κ2) is 9.80. The number of nitrogens with two attached hydrogens (primary N) is 1. The molecule has 0 bridgehead atoms. The number of nitrogens with one attached hydrogen (secondary N) is 1. The van der Waals surface area contributed by atoms with E-state index < -0.39 is 5.72 Å². The number of ether oxygens (including phenoxy) is 3. The van der Waals surface area contributed by atoms with E-state index >= 15 is 0 Å². The lowest BCUT2D eigenvalue weighted by Crippen LogP contribution is -2.51. The van der Waals surface area contributed by atoms with Gasteiger partial charge in [0.1, 0.15) is 12.4 Å². The molecule has 1 aliphatic rings. The van der Waals surface area contributed by atoms with Crippen LogP contribution in [0.25, 0.3) is 6.08 Å². The van der Waals surface area contributed by atoms with Crippen molar-refractivity contribution in [3.8, 4) is 17.2 Å². The predicted molar refractivity (Wildman–Crippen MR) is 118 cm³/mol. The first-order chi connectivity index (χ1) is 15.6. The van der Waals surface area contributed by atoms with Crippen molar-refractivity contribution >= 4 is 23.5 Å². The Labute approximate surface area is 189 Å². The summed E-state index contributed by atoms with van der Waals surface area (Å²) in [5.41, 5.74) is 6.01. The highest BCUT2D eigenvalue weighted by Gasteiger charge is 2.40. The van der Waals surface area contributed by atoms with Crippen molar-refractivity contribution in [2.45, 2.75) is 18.6 Å². The van der Waals surface area contributed by atoms with Gasteiger partial charge >= 0.3 is 0 Å². The molecular weight excluding hydrogens is 434 g/mol. The molecule has 3 aromatic rings. The number of aromatic nitrogens is 4. The number of alkyl halides is 1. The number of nitrogens with zero attached hydrogens (tertiary/aromatic N) is 3. The van der Waals surface area contributed by atoms with Gasteiger partial charge in [0, 0.05) is 5.88 Å². The van der Waals surface area contributed by atoms with Crippen molar-refractivity contribution < 1.29 is 19.0 Å². The van der Waals surface area contributed by atoms with Crippen molar-refractivity contribution in [1.82, 2.24) is 20.6 Å². The fourth-order valence-corrected chi connectivity index (χ4v) is 3.29. The minimum atomic E-state index is -1.43. The first-order valence-corrected chi connectivity index (χ1v) is 10.6. The van der Waals surface area contributed by atoms with Crippen molar-refractivity contribution in [2.24, 2.45) is 5.73 Å². The smallest absolute Gasteiger partial charge is 0.254 e. The van der Waals surface area contributed by atoms with Gasteiger partial charge in [0.05, 0.1) is 12.2 Å². The minimum Gasteiger partial charge on any atom is -0.494 e. The van der Waals surface area contributed by atoms with E-state index in [-0.39, 0.29) is 24.0 Å². The summed E-state index contributed by atoms with van der Waals surface area (Å²) in [6.45, 7) is 0.610. The summed E-state index contributed by atoms with van der Waals surface area (Å²) in [5, 5.41) is 13.4. The number of allylic oxidation sites excluding steroid dienone is 1. The third-order valence-electron chi connectivity index (χ3n) is 4.82. The molecule has 32 heavy (non-hydrogen) atoms. The molecule has 10 heteroatoms. The molecule has 9 nitrogen and oxygen atoms in total. The maximum Gasteiger partial charge on any atom is 0.254 e. The van der Waals surface area contributed by atoms with E-state index in [1.807, 2.05) is 24.3 Å². The Bertz CT molecular complexity index is 1090. The molecule has 3 N–H and O–H groups in total. The summed E-state index contributed by atoms with van der Waals surface area (Å²) >= 11 is 5.66. The zero-order chi connectivity index (χ0) is 22.4. The average Bonchev–Trinajstić information content (AvgIpc) is 3.37. The lowest BCUT2D eigenvalue weighted by Gasteiger charge is -2.33. The number of hydrogen-bond acceptors (Lipinski definition) is 8. The molecule has 1 unspecified atom stereocenters. The number of aromatic amines is 1. The van der Waals surface area contributed by atoms with E-state index in [0.29, 0.717) is 23.8 Å². The lowest BCUT2D eigenvalue weighted by atomic mass is 10.1. The molecule has 0 saturated heterocycles. The van der Waals surface area contributed by atoms with Gasteiger partial charge in [-0.3, -0.25) is 10.5 Å². The molecule has 0 aliphatic carbocycles. The second-order valence-corrected chi connectivity index (χ2v) is 7.55. The Kier molecular flexibility index (Phi) is 6.67. The number of carbonyl (C=O) groups is 1. The van der Waals surface area contributed by atoms with Crippen LogP contribution in [0.2, 0.25) is 0 Å². The van der Waals surface area contributed by atoms with E-state index in [1.54, 1.807) is 24.3 Å². The van der Waals surface area contributed by atoms with E-state index in [0.717, 1.165) is 24.2 Å². The molecule has 0 fully saturated rings. The maximum atomic E-state index is 12.9. The number of hydrogen-bond donors (Lipinski definition) is 2. The van der Waals surface area contributed by atoms with Crippen LogP contribution in [-0.4, -0.2) is 45.5 Å². The van der Waals surface area contributed by atoms with E-state index in [9.17, 15) is 4.79 Å². The fourth-order valence-electron chi connectivity index (χ4n) is 3.10. The van der Waals surface area contributed by atoms with Gasteiger partial charge < -0.3 is 14.2 Å². The number of unbranched alkanes of at least 4 members (excludes halogenated alkanes) is 1. The fraction of sp³-hybridized carbons (Fsp3) is 0.273. The largest absolute Gasteiger partial charge is 0.494 e. The Hall–Kier alpha value is -3.43. The molecule has 1 aromatic heterocycles. The van der Waals surface area contributed by atoms with Gasteiger partial charge in [-0.25, -0.2) is 5.10 Å². The Morgan fingerprint density at radius 3 is 2.84 bits per heavy atom. The zero-order valence-electron chi connectivity index (χ0n) is 17.2. The van der Waals surface area contributed by atoms with Crippen LogP contribution in [0.1, 0.15) is 34.6 Å². The first kappa shape index (κ1) is 21.8. The lowest BCUT2D eigenvalue weighted by molar-refractivity contribution is -0.0154. The number of H-pyrrole nitrogens is 1. The second-order valence-electron chi connectivity index (χ2n) is 7.17. The SMILES string of the molecule is NC1(c2nnn[nH]2)COc2cccc(C(=O)C=Cc3ccc(OCCCCCl)cc3)c2O1. The van der Waals surface area contributed by atoms with Crippen LogP contribution < -0.4 is 19.9 Å². The third kappa shape index (κ3) is 4.90. The van der Waals surface area contributed by atoms with Crippen LogP contribution in [0, 0.1) is 0 Å². The van der Waals surface area contributed by atoms with Gasteiger partial charge in [0.2, 0.25) is 5.82 Å². The van der Waals surface area contributed by atoms with Crippen LogP contribution in [0.5, 0.6) is 17.2 Å². The third-order valence-corrected chi connectivity index (χ3v) is 5.09. The molecule has 4 rings (SSSR count). The molecule has 1 aliphatic heterocycles. The minimum absolute atomic E-state index is 0.00927. The monoisotopic (exact) mass is 455 g/mol. The predicted octanol–water partition coefficient (Wildman–Crippen LogP) is 3.08. The maximum absolute atomic E-state index is 12.9. The number of carbonyl (C=O) groups excluding carboxylic acids is 1. The van der Waals surface area contributed by atoms with Crippen molar-refractivity contribution in [3.63, 3.8) is 0 Å². The topological polar surface area (TPSA) is 125 Å². The molecule has 0 radical (unpaired) electrons. The highest BCUT2D eigenvalue weighted by atomic mass is 35.5. The molecule has 166 valence electrons. The van der Waals surface area contributed by atoms with Gasteiger partial charge in [-0.2, -0.15) is 0 Å². The standard InChI is InChI=1S/C22H22ClN5O4/c23-12-1-2-13-30-16-9-6-15(7-10-16)8-11-18(29)17-4-3-5-19-20(17)32-22(24,14-31-19)21-25-27-28-26-21/h3-11H,1-2,12-14,24H2,(H,25,26,27,28). The normalized spacial score (nSPS) is 17.4. The molecule has 2 aromatic carbocycles. The number of benzene rings is 2. The highest BCUT2D eigenvalue weighted by molar-refractivity contribution is 6.17. The van der Waals surface area contributed by atoms with Gasteiger partial charge in [-0.1, -0.05) is 24.3 Å². The van der Waals surface area contributed by atoms with E-state index in [4.69, 9.17) is 31.5 Å². The number of halogens is 1. The van der Waals surface area contributed by atoms with Gasteiger partial charge in [0.15, 0.2) is 17.3 Å². The van der Waals surface area contributed by atoms with Gasteiger partial charge in [-0.05, 0) is 59.2 Å². The summed E-state index contributed by atoms with van der Waals surface area (Å²) in [6.07, 6.45) is 5.02. The number of ketones is 1. The Morgan fingerprint density at radius 2 is 2.09 bits per heavy atom. The van der Waals surface area contributed by atoms with Crippen LogP contribution in [0.3, 0.4) is 0 Å². The summed E-state index contributed by atoms with van der Waals surface area (Å²) in [6, 6.07) is 12.6. The summed E-state index contributed by atoms with van der Waals surface area (Å²) in [4.78, 5) is 12.9. The van der Waals surface area contributed by atoms with Crippen LogP contribution >= 0.6 is 11.6 Å². The van der Waals surface area contributed by atoms with E-state index in [1.165, 1.54) is 6.08 Å². The number of tetrazole rings is 1. The van der Waals surface area contributed by atoms with Crippen LogP contribution in [-0.2, 0) is 5.72 Å². The summed E-state index contributed by atoms with van der Waals surface area (Å²) in [5.74, 6) is 2.01. The zero-order valence-corrected chi connectivity index (χ0v) is 17.9. The molecule has 0 amide bonds. The summed E-state index contributed by atoms with van der Waals surface area (Å²) in [7, 11) is 0. The Morgan fingerprint density at radius 1 is 1.25 bits per heavy atom. The van der Waals surface area contributed by atoms with E-state index in [2.05, 4.69) is 20.6 Å². The highest BCUT2D eigenvalue weighted by Crippen LogP contribution is 2.39. The average molecular weight is 456 g/mol. The van der Waals surface area contributed by atoms with Gasteiger partial charge in [-0.15, -0.1) is 16.7 Å².